The van der Waals surface area contributed by atoms with Crippen molar-refractivity contribution in [2.45, 2.75) is 39.2 Å². The molecule has 1 aromatic rings. The standard InChI is InChI=1S/C14H19N3O2/c1-3-4-12-14(19)17(6-5-13(18)16-12)11-7-10(2)8-15-9-11/h7-9,12H,3-6H2,1-2H3,(H,16,18). The molecule has 5 nitrogen and oxygen atoms in total. The van der Waals surface area contributed by atoms with Gasteiger partial charge in [0.25, 0.3) is 0 Å². The molecule has 0 spiro atoms. The van der Waals surface area contributed by atoms with E-state index in [2.05, 4.69) is 10.3 Å². The normalized spacial score (nSPS) is 20.1. The van der Waals surface area contributed by atoms with E-state index in [9.17, 15) is 9.59 Å². The molecule has 0 saturated carbocycles. The second-order valence-corrected chi connectivity index (χ2v) is 4.87. The van der Waals surface area contributed by atoms with Gasteiger partial charge in [0.2, 0.25) is 11.8 Å². The molecule has 1 atom stereocenters. The number of pyridine rings is 1. The van der Waals surface area contributed by atoms with Gasteiger partial charge in [0.05, 0.1) is 11.9 Å². The summed E-state index contributed by atoms with van der Waals surface area (Å²) in [6, 6.07) is 1.50. The van der Waals surface area contributed by atoms with E-state index in [-0.39, 0.29) is 11.8 Å². The summed E-state index contributed by atoms with van der Waals surface area (Å²) in [5.41, 5.74) is 1.77. The second kappa shape index (κ2) is 5.82. The number of hydrogen-bond donors (Lipinski definition) is 1. The van der Waals surface area contributed by atoms with Crippen molar-refractivity contribution in [2.75, 3.05) is 11.4 Å². The van der Waals surface area contributed by atoms with Crippen molar-refractivity contribution in [3.05, 3.63) is 24.0 Å². The number of amides is 2. The lowest BCUT2D eigenvalue weighted by molar-refractivity contribution is -0.125. The van der Waals surface area contributed by atoms with Gasteiger partial charge in [-0.3, -0.25) is 14.6 Å². The van der Waals surface area contributed by atoms with Crippen LogP contribution < -0.4 is 10.2 Å². The van der Waals surface area contributed by atoms with E-state index >= 15 is 0 Å². The average molecular weight is 261 g/mol. The Bertz CT molecular complexity index is 487. The van der Waals surface area contributed by atoms with Gasteiger partial charge < -0.3 is 10.2 Å². The van der Waals surface area contributed by atoms with Crippen LogP contribution in [0, 0.1) is 6.92 Å². The highest BCUT2D eigenvalue weighted by atomic mass is 16.2. The fourth-order valence-corrected chi connectivity index (χ4v) is 2.27. The second-order valence-electron chi connectivity index (χ2n) is 4.87. The molecule has 1 N–H and O–H groups in total. The summed E-state index contributed by atoms with van der Waals surface area (Å²) < 4.78 is 0. The molecule has 0 aromatic carbocycles. The molecule has 19 heavy (non-hydrogen) atoms. The van der Waals surface area contributed by atoms with E-state index in [1.807, 2.05) is 19.9 Å². The van der Waals surface area contributed by atoms with Crippen LogP contribution in [0.2, 0.25) is 0 Å². The first kappa shape index (κ1) is 13.5. The summed E-state index contributed by atoms with van der Waals surface area (Å²) in [7, 11) is 0. The van der Waals surface area contributed by atoms with Gasteiger partial charge in [-0.15, -0.1) is 0 Å². The highest BCUT2D eigenvalue weighted by Gasteiger charge is 2.30. The van der Waals surface area contributed by atoms with Gasteiger partial charge in [-0.1, -0.05) is 13.3 Å². The SMILES string of the molecule is CCCC1NC(=O)CCN(c2cncc(C)c2)C1=O. The van der Waals surface area contributed by atoms with Gasteiger partial charge in [-0.05, 0) is 25.0 Å². The molecule has 5 heteroatoms. The molecule has 1 aromatic heterocycles. The lowest BCUT2D eigenvalue weighted by Gasteiger charge is -2.23. The largest absolute Gasteiger partial charge is 0.344 e. The molecule has 2 heterocycles. The topological polar surface area (TPSA) is 62.3 Å². The summed E-state index contributed by atoms with van der Waals surface area (Å²) in [4.78, 5) is 29.9. The average Bonchev–Trinajstić information content (AvgIpc) is 2.51. The van der Waals surface area contributed by atoms with Crippen LogP contribution in [0.25, 0.3) is 0 Å². The smallest absolute Gasteiger partial charge is 0.249 e. The van der Waals surface area contributed by atoms with Crippen molar-refractivity contribution in [1.82, 2.24) is 10.3 Å². The predicted molar refractivity (Wildman–Crippen MR) is 72.8 cm³/mol. The Kier molecular flexibility index (Phi) is 4.14. The van der Waals surface area contributed by atoms with Crippen molar-refractivity contribution in [2.24, 2.45) is 0 Å². The summed E-state index contributed by atoms with van der Waals surface area (Å²) >= 11 is 0. The number of nitrogens with zero attached hydrogens (tertiary/aromatic N) is 2. The van der Waals surface area contributed by atoms with E-state index in [0.717, 1.165) is 17.7 Å². The molecule has 2 amide bonds. The first-order chi connectivity index (χ1) is 9.11. The highest BCUT2D eigenvalue weighted by Crippen LogP contribution is 2.19. The van der Waals surface area contributed by atoms with E-state index in [1.165, 1.54) is 0 Å². The maximum Gasteiger partial charge on any atom is 0.249 e. The van der Waals surface area contributed by atoms with Crippen LogP contribution >= 0.6 is 0 Å². The van der Waals surface area contributed by atoms with Crippen LogP contribution in [0.5, 0.6) is 0 Å². The molecule has 102 valence electrons. The Balaban J connectivity index is 2.28. The third kappa shape index (κ3) is 3.10. The maximum absolute atomic E-state index is 12.5. The Morgan fingerprint density at radius 3 is 2.89 bits per heavy atom. The van der Waals surface area contributed by atoms with Crippen molar-refractivity contribution >= 4 is 17.5 Å². The first-order valence-electron chi connectivity index (χ1n) is 6.64. The fraction of sp³-hybridized carbons (Fsp3) is 0.500. The third-order valence-corrected chi connectivity index (χ3v) is 3.21. The Labute approximate surface area is 113 Å². The zero-order valence-corrected chi connectivity index (χ0v) is 11.3. The van der Waals surface area contributed by atoms with Gasteiger partial charge in [0.1, 0.15) is 6.04 Å². The van der Waals surface area contributed by atoms with Gasteiger partial charge in [0.15, 0.2) is 0 Å². The number of carbonyl (C=O) groups is 2. The van der Waals surface area contributed by atoms with Crippen molar-refractivity contribution in [1.29, 1.82) is 0 Å². The zero-order chi connectivity index (χ0) is 13.8. The van der Waals surface area contributed by atoms with Gasteiger partial charge in [0, 0.05) is 19.2 Å². The van der Waals surface area contributed by atoms with Gasteiger partial charge in [-0.25, -0.2) is 0 Å². The van der Waals surface area contributed by atoms with Gasteiger partial charge >= 0.3 is 0 Å². The molecule has 0 aliphatic carbocycles. The number of anilines is 1. The van der Waals surface area contributed by atoms with Crippen LogP contribution in [0.1, 0.15) is 31.7 Å². The van der Waals surface area contributed by atoms with Crippen molar-refractivity contribution in [3.63, 3.8) is 0 Å². The predicted octanol–water partition coefficient (Wildman–Crippen LogP) is 1.41. The minimum absolute atomic E-state index is 0.0416. The van der Waals surface area contributed by atoms with Crippen LogP contribution in [-0.2, 0) is 9.59 Å². The van der Waals surface area contributed by atoms with E-state index < -0.39 is 6.04 Å². The Morgan fingerprint density at radius 2 is 2.21 bits per heavy atom. The first-order valence-corrected chi connectivity index (χ1v) is 6.64. The molecular weight excluding hydrogens is 242 g/mol. The van der Waals surface area contributed by atoms with Crippen molar-refractivity contribution in [3.8, 4) is 0 Å². The molecule has 1 aliphatic heterocycles. The monoisotopic (exact) mass is 261 g/mol. The van der Waals surface area contributed by atoms with Crippen LogP contribution in [0.4, 0.5) is 5.69 Å². The molecule has 0 radical (unpaired) electrons. The molecule has 0 bridgehead atoms. The lowest BCUT2D eigenvalue weighted by Crippen LogP contribution is -2.44. The number of carbonyl (C=O) groups excluding carboxylic acids is 2. The van der Waals surface area contributed by atoms with E-state index in [4.69, 9.17) is 0 Å². The van der Waals surface area contributed by atoms with Gasteiger partial charge in [-0.2, -0.15) is 0 Å². The Hall–Kier alpha value is -1.91. The van der Waals surface area contributed by atoms with E-state index in [0.29, 0.717) is 19.4 Å². The summed E-state index contributed by atoms with van der Waals surface area (Å²) in [6.45, 7) is 4.35. The van der Waals surface area contributed by atoms with Crippen molar-refractivity contribution < 1.29 is 9.59 Å². The highest BCUT2D eigenvalue weighted by molar-refractivity contribution is 6.01. The number of aryl methyl sites for hydroxylation is 1. The van der Waals surface area contributed by atoms with Crippen LogP contribution in [0.3, 0.4) is 0 Å². The lowest BCUT2D eigenvalue weighted by atomic mass is 10.1. The summed E-state index contributed by atoms with van der Waals surface area (Å²) in [5, 5.41) is 2.79. The minimum Gasteiger partial charge on any atom is -0.344 e. The van der Waals surface area contributed by atoms with Crippen LogP contribution in [-0.4, -0.2) is 29.4 Å². The number of hydrogen-bond acceptors (Lipinski definition) is 3. The molecular formula is C14H19N3O2. The van der Waals surface area contributed by atoms with E-state index in [1.54, 1.807) is 17.3 Å². The molecule has 1 saturated heterocycles. The molecule has 2 rings (SSSR count). The molecule has 1 aliphatic rings. The zero-order valence-electron chi connectivity index (χ0n) is 11.3. The number of rotatable bonds is 3. The summed E-state index contributed by atoms with van der Waals surface area (Å²) in [5.74, 6) is -0.102. The number of nitrogens with one attached hydrogen (secondary N) is 1. The third-order valence-electron chi connectivity index (χ3n) is 3.21. The maximum atomic E-state index is 12.5. The summed E-state index contributed by atoms with van der Waals surface area (Å²) in [6.07, 6.45) is 5.28. The fourth-order valence-electron chi connectivity index (χ4n) is 2.27. The minimum atomic E-state index is -0.416. The quantitative estimate of drug-likeness (QED) is 0.895. The molecule has 1 unspecified atom stereocenters. The molecule has 1 fully saturated rings. The Morgan fingerprint density at radius 1 is 1.42 bits per heavy atom. The van der Waals surface area contributed by atoms with Crippen LogP contribution in [0.15, 0.2) is 18.5 Å². The number of aromatic nitrogens is 1.